The van der Waals surface area contributed by atoms with E-state index in [-0.39, 0.29) is 11.3 Å². The van der Waals surface area contributed by atoms with Crippen molar-refractivity contribution in [1.29, 1.82) is 0 Å². The second-order valence-electron chi connectivity index (χ2n) is 7.91. The van der Waals surface area contributed by atoms with Crippen LogP contribution in [0.25, 0.3) is 0 Å². The van der Waals surface area contributed by atoms with E-state index in [0.717, 1.165) is 43.7 Å². The lowest BCUT2D eigenvalue weighted by atomic mass is 9.50. The number of carbonyl (C=O) groups is 1. The zero-order valence-electron chi connectivity index (χ0n) is 15.5. The predicted octanol–water partition coefficient (Wildman–Crippen LogP) is 2.57. The van der Waals surface area contributed by atoms with Crippen molar-refractivity contribution in [2.45, 2.75) is 63.6 Å². The van der Waals surface area contributed by atoms with Gasteiger partial charge in [-0.3, -0.25) is 9.48 Å². The normalized spacial score (nSPS) is 28.4. The van der Waals surface area contributed by atoms with Crippen LogP contribution in [0.1, 0.15) is 60.6 Å². The molecule has 25 heavy (non-hydrogen) atoms. The fraction of sp³-hybridized carbons (Fsp3) is 0.789. The van der Waals surface area contributed by atoms with Gasteiger partial charge >= 0.3 is 0 Å². The van der Waals surface area contributed by atoms with Crippen molar-refractivity contribution in [3.05, 3.63) is 17.5 Å². The first-order valence-electron chi connectivity index (χ1n) is 9.50. The molecule has 1 amide bonds. The van der Waals surface area contributed by atoms with Crippen molar-refractivity contribution >= 4 is 5.91 Å². The first-order chi connectivity index (χ1) is 12.1. The molecule has 2 atom stereocenters. The molecule has 4 rings (SSSR count). The molecule has 1 aromatic rings. The lowest BCUT2D eigenvalue weighted by Crippen LogP contribution is -2.67. The van der Waals surface area contributed by atoms with Crippen LogP contribution in [0.2, 0.25) is 0 Å². The lowest BCUT2D eigenvalue weighted by Gasteiger charge is -2.62. The van der Waals surface area contributed by atoms with Crippen LogP contribution in [0, 0.1) is 12.3 Å². The third kappa shape index (κ3) is 2.53. The monoisotopic (exact) mass is 347 g/mol. The van der Waals surface area contributed by atoms with Crippen molar-refractivity contribution < 1.29 is 14.3 Å². The average Bonchev–Trinajstić information content (AvgIpc) is 2.94. The van der Waals surface area contributed by atoms with Gasteiger partial charge in [0.15, 0.2) is 0 Å². The summed E-state index contributed by atoms with van der Waals surface area (Å²) in [7, 11) is 3.75. The Labute approximate surface area is 149 Å². The minimum atomic E-state index is 0.0987. The zero-order chi connectivity index (χ0) is 17.6. The number of hydrogen-bond donors (Lipinski definition) is 0. The van der Waals surface area contributed by atoms with Gasteiger partial charge in [-0.05, 0) is 39.0 Å². The Morgan fingerprint density at radius 2 is 2.12 bits per heavy atom. The van der Waals surface area contributed by atoms with Crippen LogP contribution in [-0.4, -0.2) is 60.1 Å². The molecular weight excluding hydrogens is 318 g/mol. The van der Waals surface area contributed by atoms with Crippen LogP contribution < -0.4 is 0 Å². The Bertz CT molecular complexity index is 646. The molecule has 0 N–H and O–H groups in total. The molecule has 1 aromatic heterocycles. The molecule has 2 saturated carbocycles. The van der Waals surface area contributed by atoms with Crippen molar-refractivity contribution in [3.8, 4) is 0 Å². The second-order valence-corrected chi connectivity index (χ2v) is 7.91. The van der Waals surface area contributed by atoms with Crippen molar-refractivity contribution in [3.63, 3.8) is 0 Å². The molecule has 1 spiro atoms. The molecule has 3 aliphatic rings. The van der Waals surface area contributed by atoms with E-state index >= 15 is 0 Å². The quantitative estimate of drug-likeness (QED) is 0.840. The molecule has 6 nitrogen and oxygen atoms in total. The van der Waals surface area contributed by atoms with E-state index in [2.05, 4.69) is 5.10 Å². The van der Waals surface area contributed by atoms with Crippen LogP contribution in [0.3, 0.4) is 0 Å². The van der Waals surface area contributed by atoms with E-state index in [4.69, 9.17) is 9.47 Å². The van der Waals surface area contributed by atoms with Gasteiger partial charge in [0.1, 0.15) is 0 Å². The summed E-state index contributed by atoms with van der Waals surface area (Å²) in [6.07, 6.45) is 8.55. The molecule has 0 bridgehead atoms. The van der Waals surface area contributed by atoms with Crippen LogP contribution in [-0.2, 0) is 9.47 Å². The smallest absolute Gasteiger partial charge is 0.257 e. The summed E-state index contributed by atoms with van der Waals surface area (Å²) >= 11 is 0. The van der Waals surface area contributed by atoms with E-state index < -0.39 is 0 Å². The van der Waals surface area contributed by atoms with Gasteiger partial charge in [-0.1, -0.05) is 6.42 Å². The number of methoxy groups -OCH3 is 1. The van der Waals surface area contributed by atoms with E-state index in [1.165, 1.54) is 19.3 Å². The molecule has 1 saturated heterocycles. The lowest BCUT2D eigenvalue weighted by molar-refractivity contribution is -0.182. The van der Waals surface area contributed by atoms with Gasteiger partial charge in [-0.15, -0.1) is 0 Å². The topological polar surface area (TPSA) is 56.6 Å². The molecule has 1 aliphatic heterocycles. The van der Waals surface area contributed by atoms with Crippen molar-refractivity contribution in [1.82, 2.24) is 14.7 Å². The molecule has 0 radical (unpaired) electrons. The van der Waals surface area contributed by atoms with Gasteiger partial charge in [-0.25, -0.2) is 0 Å². The first kappa shape index (κ1) is 17.0. The van der Waals surface area contributed by atoms with E-state index in [9.17, 15) is 4.79 Å². The first-order valence-corrected chi connectivity index (χ1v) is 9.50. The standard InChI is InChI=1S/C19H29N3O3/c1-13-15(12-20-22(13)14-5-9-25-10-6-14)18(23)21(2)16-11-17(24-3)19(16)7-4-8-19/h12,14,16-17H,4-11H2,1-3H3. The van der Waals surface area contributed by atoms with Gasteiger partial charge in [0.2, 0.25) is 0 Å². The number of nitrogens with zero attached hydrogens (tertiary/aromatic N) is 3. The van der Waals surface area contributed by atoms with Gasteiger partial charge in [0.25, 0.3) is 5.91 Å². The maximum atomic E-state index is 13.1. The Balaban J connectivity index is 1.50. The summed E-state index contributed by atoms with van der Waals surface area (Å²) < 4.78 is 13.1. The molecule has 2 heterocycles. The van der Waals surface area contributed by atoms with Crippen LogP contribution >= 0.6 is 0 Å². The second kappa shape index (κ2) is 6.40. The van der Waals surface area contributed by atoms with E-state index in [1.807, 2.05) is 23.6 Å². The van der Waals surface area contributed by atoms with Crippen molar-refractivity contribution in [2.24, 2.45) is 5.41 Å². The Morgan fingerprint density at radius 1 is 1.40 bits per heavy atom. The average molecular weight is 347 g/mol. The largest absolute Gasteiger partial charge is 0.381 e. The minimum absolute atomic E-state index is 0.0987. The highest BCUT2D eigenvalue weighted by Gasteiger charge is 2.60. The predicted molar refractivity (Wildman–Crippen MR) is 93.6 cm³/mol. The molecular formula is C19H29N3O3. The summed E-state index contributed by atoms with van der Waals surface area (Å²) in [4.78, 5) is 15.1. The molecule has 6 heteroatoms. The number of carbonyl (C=O) groups excluding carboxylic acids is 1. The number of aromatic nitrogens is 2. The third-order valence-electron chi connectivity index (χ3n) is 6.91. The number of amides is 1. The highest BCUT2D eigenvalue weighted by atomic mass is 16.5. The Morgan fingerprint density at radius 3 is 2.72 bits per heavy atom. The van der Waals surface area contributed by atoms with Crippen molar-refractivity contribution in [2.75, 3.05) is 27.4 Å². The summed E-state index contributed by atoms with van der Waals surface area (Å²) in [5.41, 5.74) is 1.92. The summed E-state index contributed by atoms with van der Waals surface area (Å²) in [6, 6.07) is 0.643. The number of ether oxygens (including phenoxy) is 2. The number of hydrogen-bond acceptors (Lipinski definition) is 4. The summed E-state index contributed by atoms with van der Waals surface area (Å²) in [5, 5.41) is 4.54. The fourth-order valence-corrected chi connectivity index (χ4v) is 5.10. The molecule has 2 unspecified atom stereocenters. The SMILES string of the molecule is COC1CC(N(C)C(=O)c2cnn(C3CCOCC3)c2C)C12CCC2. The number of rotatable bonds is 4. The molecule has 0 aromatic carbocycles. The highest BCUT2D eigenvalue weighted by Crippen LogP contribution is 2.58. The van der Waals surface area contributed by atoms with Crippen LogP contribution in [0.15, 0.2) is 6.20 Å². The Kier molecular flexibility index (Phi) is 4.36. The minimum Gasteiger partial charge on any atom is -0.381 e. The highest BCUT2D eigenvalue weighted by molar-refractivity contribution is 5.95. The van der Waals surface area contributed by atoms with E-state index in [0.29, 0.717) is 18.2 Å². The third-order valence-corrected chi connectivity index (χ3v) is 6.91. The van der Waals surface area contributed by atoms with E-state index in [1.54, 1.807) is 13.3 Å². The maximum Gasteiger partial charge on any atom is 0.257 e. The molecule has 2 aliphatic carbocycles. The summed E-state index contributed by atoms with van der Waals surface area (Å²) in [5.74, 6) is 0.0987. The fourth-order valence-electron chi connectivity index (χ4n) is 5.10. The zero-order valence-corrected chi connectivity index (χ0v) is 15.5. The van der Waals surface area contributed by atoms with Gasteiger partial charge in [-0.2, -0.15) is 5.10 Å². The maximum absolute atomic E-state index is 13.1. The van der Waals surface area contributed by atoms with Gasteiger partial charge in [0.05, 0.1) is 23.9 Å². The van der Waals surface area contributed by atoms with Crippen LogP contribution in [0.5, 0.6) is 0 Å². The van der Waals surface area contributed by atoms with Gasteiger partial charge in [0, 0.05) is 44.5 Å². The summed E-state index contributed by atoms with van der Waals surface area (Å²) in [6.45, 7) is 3.56. The molecule has 138 valence electrons. The molecule has 3 fully saturated rings. The van der Waals surface area contributed by atoms with Gasteiger partial charge < -0.3 is 14.4 Å². The Hall–Kier alpha value is -1.40. The van der Waals surface area contributed by atoms with Crippen LogP contribution in [0.4, 0.5) is 0 Å².